The first-order valence-electron chi connectivity index (χ1n) is 8.91. The largest absolute Gasteiger partial charge is 0.497 e. The van der Waals surface area contributed by atoms with Crippen molar-refractivity contribution in [3.05, 3.63) is 29.8 Å². The summed E-state index contributed by atoms with van der Waals surface area (Å²) in [5.74, 6) is 0.835. The molecular weight excluding hydrogens is 318 g/mol. The highest BCUT2D eigenvalue weighted by molar-refractivity contribution is 5.74. The van der Waals surface area contributed by atoms with Crippen LogP contribution in [0.1, 0.15) is 26.3 Å². The zero-order chi connectivity index (χ0) is 18.3. The van der Waals surface area contributed by atoms with E-state index in [1.54, 1.807) is 7.11 Å². The lowest BCUT2D eigenvalue weighted by atomic mass is 10.0. The molecule has 1 aliphatic heterocycles. The Morgan fingerprint density at radius 2 is 2.08 bits per heavy atom. The van der Waals surface area contributed by atoms with Crippen LogP contribution in [-0.2, 0) is 11.2 Å². The SMILES string of the molecule is COc1cccc(C[C@H](C)NC(=O)NCC(C)(C)N2CCOCC2)c1. The molecule has 0 radical (unpaired) electrons. The number of rotatable bonds is 7. The molecule has 25 heavy (non-hydrogen) atoms. The second-order valence-corrected chi connectivity index (χ2v) is 7.20. The number of hydrogen-bond donors (Lipinski definition) is 2. The van der Waals surface area contributed by atoms with Crippen molar-refractivity contribution < 1.29 is 14.3 Å². The van der Waals surface area contributed by atoms with Gasteiger partial charge in [0, 0.05) is 31.2 Å². The quantitative estimate of drug-likeness (QED) is 0.791. The molecule has 1 aromatic rings. The zero-order valence-electron chi connectivity index (χ0n) is 15.8. The molecule has 0 unspecified atom stereocenters. The van der Waals surface area contributed by atoms with Crippen molar-refractivity contribution in [2.24, 2.45) is 0 Å². The van der Waals surface area contributed by atoms with Gasteiger partial charge in [0.15, 0.2) is 0 Å². The van der Waals surface area contributed by atoms with Crippen LogP contribution in [0.25, 0.3) is 0 Å². The maximum atomic E-state index is 12.2. The van der Waals surface area contributed by atoms with E-state index in [-0.39, 0.29) is 17.6 Å². The van der Waals surface area contributed by atoms with Gasteiger partial charge in [0.05, 0.1) is 20.3 Å². The second kappa shape index (κ2) is 9.06. The Kier molecular flexibility index (Phi) is 7.08. The van der Waals surface area contributed by atoms with Crippen molar-refractivity contribution >= 4 is 6.03 Å². The molecule has 0 spiro atoms. The van der Waals surface area contributed by atoms with E-state index in [4.69, 9.17) is 9.47 Å². The van der Waals surface area contributed by atoms with Crippen molar-refractivity contribution in [3.8, 4) is 5.75 Å². The van der Waals surface area contributed by atoms with Gasteiger partial charge in [-0.15, -0.1) is 0 Å². The van der Waals surface area contributed by atoms with E-state index >= 15 is 0 Å². The monoisotopic (exact) mass is 349 g/mol. The molecule has 1 atom stereocenters. The Morgan fingerprint density at radius 3 is 2.76 bits per heavy atom. The summed E-state index contributed by atoms with van der Waals surface area (Å²) in [6.45, 7) is 10.2. The average Bonchev–Trinajstić information content (AvgIpc) is 2.61. The lowest BCUT2D eigenvalue weighted by Crippen LogP contribution is -2.56. The standard InChI is InChI=1S/C19H31N3O3/c1-15(12-16-6-5-7-17(13-16)24-4)21-18(23)20-14-19(2,3)22-8-10-25-11-9-22/h5-7,13,15H,8-12,14H2,1-4H3,(H2,20,21,23)/t15-/m0/s1. The van der Waals surface area contributed by atoms with Gasteiger partial charge in [-0.3, -0.25) is 4.90 Å². The van der Waals surface area contributed by atoms with E-state index in [0.717, 1.165) is 44.0 Å². The fourth-order valence-corrected chi connectivity index (χ4v) is 3.06. The van der Waals surface area contributed by atoms with E-state index in [1.807, 2.05) is 31.2 Å². The smallest absolute Gasteiger partial charge is 0.315 e. The fourth-order valence-electron chi connectivity index (χ4n) is 3.06. The topological polar surface area (TPSA) is 62.8 Å². The Balaban J connectivity index is 1.76. The number of nitrogens with zero attached hydrogens (tertiary/aromatic N) is 1. The van der Waals surface area contributed by atoms with Crippen LogP contribution in [0, 0.1) is 0 Å². The molecule has 2 N–H and O–H groups in total. The summed E-state index contributed by atoms with van der Waals surface area (Å²) in [6.07, 6.45) is 0.761. The van der Waals surface area contributed by atoms with E-state index in [2.05, 4.69) is 29.4 Å². The number of methoxy groups -OCH3 is 1. The summed E-state index contributed by atoms with van der Waals surface area (Å²) in [7, 11) is 1.66. The van der Waals surface area contributed by atoms with Crippen LogP contribution in [0.5, 0.6) is 5.75 Å². The summed E-state index contributed by atoms with van der Waals surface area (Å²) < 4.78 is 10.6. The van der Waals surface area contributed by atoms with Gasteiger partial charge in [-0.2, -0.15) is 0 Å². The Hall–Kier alpha value is -1.79. The first kappa shape index (κ1) is 19.5. The van der Waals surface area contributed by atoms with Gasteiger partial charge in [-0.1, -0.05) is 12.1 Å². The van der Waals surface area contributed by atoms with Crippen molar-refractivity contribution in [1.82, 2.24) is 15.5 Å². The molecule has 0 aromatic heterocycles. The number of nitrogens with one attached hydrogen (secondary N) is 2. The van der Waals surface area contributed by atoms with Crippen molar-refractivity contribution in [1.29, 1.82) is 0 Å². The summed E-state index contributed by atoms with van der Waals surface area (Å²) >= 11 is 0. The third kappa shape index (κ3) is 6.21. The highest BCUT2D eigenvalue weighted by Gasteiger charge is 2.28. The van der Waals surface area contributed by atoms with Crippen molar-refractivity contribution in [2.45, 2.75) is 38.8 Å². The van der Waals surface area contributed by atoms with E-state index in [0.29, 0.717) is 6.54 Å². The molecule has 0 saturated carbocycles. The van der Waals surface area contributed by atoms with Gasteiger partial charge < -0.3 is 20.1 Å². The molecule has 1 fully saturated rings. The molecule has 140 valence electrons. The highest BCUT2D eigenvalue weighted by atomic mass is 16.5. The predicted octanol–water partition coefficient (Wildman–Crippen LogP) is 2.04. The average molecular weight is 349 g/mol. The van der Waals surface area contributed by atoms with Crippen LogP contribution >= 0.6 is 0 Å². The Labute approximate surface area is 150 Å². The zero-order valence-corrected chi connectivity index (χ0v) is 15.8. The Morgan fingerprint density at radius 1 is 1.36 bits per heavy atom. The van der Waals surface area contributed by atoms with Gasteiger partial charge in [-0.05, 0) is 44.9 Å². The van der Waals surface area contributed by atoms with Gasteiger partial charge in [0.1, 0.15) is 5.75 Å². The minimum Gasteiger partial charge on any atom is -0.497 e. The van der Waals surface area contributed by atoms with E-state index < -0.39 is 0 Å². The lowest BCUT2D eigenvalue weighted by Gasteiger charge is -2.40. The third-order valence-corrected chi connectivity index (χ3v) is 4.60. The highest BCUT2D eigenvalue weighted by Crippen LogP contribution is 2.15. The summed E-state index contributed by atoms with van der Waals surface area (Å²) in [5, 5.41) is 6.01. The van der Waals surface area contributed by atoms with Crippen molar-refractivity contribution in [3.63, 3.8) is 0 Å². The number of benzene rings is 1. The molecular formula is C19H31N3O3. The molecule has 1 heterocycles. The van der Waals surface area contributed by atoms with Crippen molar-refractivity contribution in [2.75, 3.05) is 40.0 Å². The molecule has 1 saturated heterocycles. The van der Waals surface area contributed by atoms with Gasteiger partial charge in [-0.25, -0.2) is 4.79 Å². The third-order valence-electron chi connectivity index (χ3n) is 4.60. The molecule has 6 heteroatoms. The molecule has 6 nitrogen and oxygen atoms in total. The maximum Gasteiger partial charge on any atom is 0.315 e. The number of urea groups is 1. The number of ether oxygens (including phenoxy) is 2. The normalized spacial score (nSPS) is 17.0. The minimum absolute atomic E-state index is 0.0404. The van der Waals surface area contributed by atoms with Crippen LogP contribution in [0.4, 0.5) is 4.79 Å². The molecule has 2 amide bonds. The first-order valence-corrected chi connectivity index (χ1v) is 8.91. The number of carbonyl (C=O) groups excluding carboxylic acids is 1. The van der Waals surface area contributed by atoms with E-state index in [9.17, 15) is 4.79 Å². The Bertz CT molecular complexity index is 557. The van der Waals surface area contributed by atoms with Crippen LogP contribution in [0.3, 0.4) is 0 Å². The minimum atomic E-state index is -0.128. The number of morpholine rings is 1. The lowest BCUT2D eigenvalue weighted by molar-refractivity contribution is -0.00876. The molecule has 1 aromatic carbocycles. The van der Waals surface area contributed by atoms with Crippen LogP contribution in [0.15, 0.2) is 24.3 Å². The van der Waals surface area contributed by atoms with E-state index in [1.165, 1.54) is 0 Å². The first-order chi connectivity index (χ1) is 11.9. The summed E-state index contributed by atoms with van der Waals surface area (Å²) in [5.41, 5.74) is 1.05. The molecule has 2 rings (SSSR count). The molecule has 0 aliphatic carbocycles. The maximum absolute atomic E-state index is 12.2. The van der Waals surface area contributed by atoms with Gasteiger partial charge in [0.25, 0.3) is 0 Å². The van der Waals surface area contributed by atoms with Gasteiger partial charge >= 0.3 is 6.03 Å². The summed E-state index contributed by atoms with van der Waals surface area (Å²) in [6, 6.07) is 7.83. The summed E-state index contributed by atoms with van der Waals surface area (Å²) in [4.78, 5) is 14.6. The van der Waals surface area contributed by atoms with Gasteiger partial charge in [0.2, 0.25) is 0 Å². The number of amides is 2. The second-order valence-electron chi connectivity index (χ2n) is 7.20. The van der Waals surface area contributed by atoms with Crippen LogP contribution in [0.2, 0.25) is 0 Å². The molecule has 1 aliphatic rings. The number of hydrogen-bond acceptors (Lipinski definition) is 4. The van der Waals surface area contributed by atoms with Crippen LogP contribution in [-0.4, -0.2) is 62.5 Å². The fraction of sp³-hybridized carbons (Fsp3) is 0.632. The number of carbonyl (C=O) groups is 1. The van der Waals surface area contributed by atoms with Crippen LogP contribution < -0.4 is 15.4 Å². The molecule has 0 bridgehead atoms. The predicted molar refractivity (Wildman–Crippen MR) is 99.2 cm³/mol.